The van der Waals surface area contributed by atoms with Crippen molar-refractivity contribution >= 4 is 37.4 Å². The first kappa shape index (κ1) is 47.6. The summed E-state index contributed by atoms with van der Waals surface area (Å²) in [6.45, 7) is 16.5. The van der Waals surface area contributed by atoms with Crippen LogP contribution in [0.15, 0.2) is 206 Å². The summed E-state index contributed by atoms with van der Waals surface area (Å²) in [5.41, 5.74) is 2.35. The monoisotopic (exact) mass is 872 g/mol. The first-order valence-electron chi connectivity index (χ1n) is 22.7. The van der Waals surface area contributed by atoms with Crippen molar-refractivity contribution in [2.24, 2.45) is 0 Å². The van der Waals surface area contributed by atoms with Crippen LogP contribution in [-0.2, 0) is 31.5 Å². The van der Waals surface area contributed by atoms with Gasteiger partial charge in [-0.15, -0.1) is 0 Å². The maximum atomic E-state index is 7.97. The van der Waals surface area contributed by atoms with E-state index in [0.717, 1.165) is 12.8 Å². The van der Waals surface area contributed by atoms with Crippen LogP contribution in [0.25, 0.3) is 0 Å². The molecule has 0 unspecified atom stereocenters. The Kier molecular flexibility index (Phi) is 17.5. The van der Waals surface area contributed by atoms with E-state index < -0.39 is 16.6 Å². The maximum Gasteiger partial charge on any atom is 0.261 e. The van der Waals surface area contributed by atoms with Crippen LogP contribution in [0.5, 0.6) is 0 Å². The Morgan fingerprint density at radius 2 is 0.667 bits per heavy atom. The summed E-state index contributed by atoms with van der Waals surface area (Å²) in [7, 11) is -5.95. The number of hydrogen-bond donors (Lipinski definition) is 0. The first-order chi connectivity index (χ1) is 30.5. The zero-order valence-electron chi connectivity index (χ0n) is 38.4. The molecule has 6 heteroatoms. The Balaban J connectivity index is 1.41. The molecule has 0 heterocycles. The van der Waals surface area contributed by atoms with E-state index in [0.29, 0.717) is 32.8 Å². The smallest absolute Gasteiger partial charge is 0.261 e. The molecule has 0 aromatic heterocycles. The predicted molar refractivity (Wildman–Crippen MR) is 269 cm³/mol. The van der Waals surface area contributed by atoms with E-state index >= 15 is 0 Å². The van der Waals surface area contributed by atoms with Gasteiger partial charge in [-0.25, -0.2) is 0 Å². The molecule has 0 radical (unpaired) electrons. The lowest BCUT2D eigenvalue weighted by atomic mass is 10.1. The number of rotatable bonds is 22. The largest absolute Gasteiger partial charge is 0.401 e. The van der Waals surface area contributed by atoms with Crippen molar-refractivity contribution in [3.05, 3.63) is 217 Å². The van der Waals surface area contributed by atoms with Crippen LogP contribution in [0.4, 0.5) is 0 Å². The van der Waals surface area contributed by atoms with Crippen molar-refractivity contribution in [3.63, 3.8) is 0 Å². The van der Waals surface area contributed by atoms with Crippen molar-refractivity contribution in [3.8, 4) is 0 Å². The summed E-state index contributed by atoms with van der Waals surface area (Å²) in [6.07, 6.45) is 10.7. The fourth-order valence-electron chi connectivity index (χ4n) is 8.72. The quantitative estimate of drug-likeness (QED) is 0.0387. The van der Waals surface area contributed by atoms with Gasteiger partial charge in [-0.1, -0.05) is 248 Å². The van der Waals surface area contributed by atoms with Crippen LogP contribution in [-0.4, -0.2) is 42.1 Å². The van der Waals surface area contributed by atoms with E-state index in [2.05, 4.69) is 236 Å². The molecule has 0 saturated heterocycles. The topological polar surface area (TPSA) is 36.9 Å². The molecule has 0 saturated carbocycles. The normalized spacial score (nSPS) is 13.7. The molecule has 63 heavy (non-hydrogen) atoms. The van der Waals surface area contributed by atoms with Crippen LogP contribution in [0.3, 0.4) is 0 Å². The molecule has 328 valence electrons. The average molecular weight is 873 g/mol. The van der Waals surface area contributed by atoms with E-state index in [1.807, 2.05) is 12.1 Å². The second kappa shape index (κ2) is 23.1. The van der Waals surface area contributed by atoms with Gasteiger partial charge in [0.2, 0.25) is 0 Å². The molecule has 0 N–H and O–H groups in total. The van der Waals surface area contributed by atoms with Gasteiger partial charge >= 0.3 is 0 Å². The van der Waals surface area contributed by atoms with Gasteiger partial charge in [0, 0.05) is 6.42 Å². The van der Waals surface area contributed by atoms with Crippen LogP contribution in [0, 0.1) is 0 Å². The highest BCUT2D eigenvalue weighted by atomic mass is 28.4. The van der Waals surface area contributed by atoms with Gasteiger partial charge in [0.15, 0.2) is 0 Å². The molecule has 6 rings (SSSR count). The summed E-state index contributed by atoms with van der Waals surface area (Å²) >= 11 is 0. The summed E-state index contributed by atoms with van der Waals surface area (Å²) in [5, 5.41) is 4.60. The highest BCUT2D eigenvalue weighted by Gasteiger charge is 2.53. The van der Waals surface area contributed by atoms with E-state index in [9.17, 15) is 0 Å². The SMILES string of the molecule is CC(C)(C)[Si](O[C@H](/C=C/CCOCc1ccccc1)C[C@H](/C=C\CCOCc1ccccc1)O[Si](c1ccccc1)(c1ccccc1)C(C)(C)C)(c1ccccc1)c1ccccc1. The predicted octanol–water partition coefficient (Wildman–Crippen LogP) is 11.6. The number of ether oxygens (including phenoxy) is 2. The number of hydrogen-bond acceptors (Lipinski definition) is 4. The minimum Gasteiger partial charge on any atom is -0.401 e. The molecular formula is C57H68O4Si2. The Morgan fingerprint density at radius 1 is 0.397 bits per heavy atom. The van der Waals surface area contributed by atoms with Gasteiger partial charge in [-0.3, -0.25) is 0 Å². The van der Waals surface area contributed by atoms with Crippen LogP contribution in [0.1, 0.15) is 71.9 Å². The van der Waals surface area contributed by atoms with Gasteiger partial charge in [0.1, 0.15) is 0 Å². The molecule has 6 aromatic carbocycles. The third kappa shape index (κ3) is 12.6. The third-order valence-electron chi connectivity index (χ3n) is 11.7. The lowest BCUT2D eigenvalue weighted by molar-refractivity contribution is 0.124. The highest BCUT2D eigenvalue weighted by molar-refractivity contribution is 7.00. The van der Waals surface area contributed by atoms with Crippen LogP contribution in [0.2, 0.25) is 10.1 Å². The zero-order chi connectivity index (χ0) is 44.4. The molecule has 0 aliphatic rings. The second-order valence-corrected chi connectivity index (χ2v) is 26.9. The Morgan fingerprint density at radius 3 is 0.937 bits per heavy atom. The lowest BCUT2D eigenvalue weighted by Crippen LogP contribution is -2.68. The molecule has 0 aliphatic carbocycles. The van der Waals surface area contributed by atoms with Crippen molar-refractivity contribution in [2.45, 2.75) is 96.3 Å². The average Bonchev–Trinajstić information content (AvgIpc) is 3.30. The Hall–Kier alpha value is -4.93. The van der Waals surface area contributed by atoms with Crippen molar-refractivity contribution < 1.29 is 18.3 Å². The third-order valence-corrected chi connectivity index (χ3v) is 21.9. The fraction of sp³-hybridized carbons (Fsp3) is 0.298. The van der Waals surface area contributed by atoms with E-state index in [-0.39, 0.29) is 22.3 Å². The Bertz CT molecular complexity index is 1990. The molecule has 0 aliphatic heterocycles. The molecule has 6 aromatic rings. The molecule has 0 fully saturated rings. The minimum atomic E-state index is -2.97. The standard InChI is InChI=1S/C57H68O4Si2/c1-56(2,3)62(52-35-17-9-18-36-52,53-37-19-10-20-38-53)60-50(33-25-27-43-58-46-48-29-13-7-14-30-48)45-51(34-26-28-44-59-47-49-31-15-8-16-32-49)61-63(57(4,5)6,54-39-21-11-22-40-54)55-41-23-12-24-42-55/h7-26,29-42,50-51H,27-28,43-47H2,1-6H3/b33-25-,34-26+/t50-,51+/m0/s1. The molecular weight excluding hydrogens is 805 g/mol. The van der Waals surface area contributed by atoms with E-state index in [1.165, 1.54) is 31.9 Å². The molecule has 0 bridgehead atoms. The fourth-order valence-corrected chi connectivity index (χ4v) is 18.0. The van der Waals surface area contributed by atoms with E-state index in [4.69, 9.17) is 18.3 Å². The maximum absolute atomic E-state index is 7.97. The van der Waals surface area contributed by atoms with Gasteiger partial charge in [-0.05, 0) is 54.8 Å². The van der Waals surface area contributed by atoms with Crippen molar-refractivity contribution in [2.75, 3.05) is 13.2 Å². The summed E-state index contributed by atoms with van der Waals surface area (Å²) in [6, 6.07) is 64.6. The number of benzene rings is 6. The highest BCUT2D eigenvalue weighted by Crippen LogP contribution is 2.40. The van der Waals surface area contributed by atoms with Gasteiger partial charge in [0.05, 0.1) is 38.6 Å². The second-order valence-electron chi connectivity index (χ2n) is 18.4. The van der Waals surface area contributed by atoms with Gasteiger partial charge in [-0.2, -0.15) is 0 Å². The van der Waals surface area contributed by atoms with Gasteiger partial charge < -0.3 is 18.3 Å². The van der Waals surface area contributed by atoms with Gasteiger partial charge in [0.25, 0.3) is 16.6 Å². The van der Waals surface area contributed by atoms with Crippen molar-refractivity contribution in [1.82, 2.24) is 0 Å². The van der Waals surface area contributed by atoms with E-state index in [1.54, 1.807) is 0 Å². The first-order valence-corrected chi connectivity index (χ1v) is 26.5. The van der Waals surface area contributed by atoms with Crippen LogP contribution >= 0.6 is 0 Å². The van der Waals surface area contributed by atoms with Crippen molar-refractivity contribution in [1.29, 1.82) is 0 Å². The molecule has 4 nitrogen and oxygen atoms in total. The molecule has 2 atom stereocenters. The lowest BCUT2D eigenvalue weighted by Gasteiger charge is -2.47. The van der Waals surface area contributed by atoms with Crippen LogP contribution < -0.4 is 20.7 Å². The summed E-state index contributed by atoms with van der Waals surface area (Å²) in [5.74, 6) is 0. The minimum absolute atomic E-state index is 0.207. The molecule has 0 spiro atoms. The molecule has 0 amide bonds. The zero-order valence-corrected chi connectivity index (χ0v) is 40.4. The Labute approximate surface area is 380 Å². The summed E-state index contributed by atoms with van der Waals surface area (Å²) < 4.78 is 28.3. The summed E-state index contributed by atoms with van der Waals surface area (Å²) in [4.78, 5) is 0.